The number of anilines is 1. The summed E-state index contributed by atoms with van der Waals surface area (Å²) >= 11 is 5.56. The van der Waals surface area contributed by atoms with E-state index in [0.717, 1.165) is 16.7 Å². The minimum absolute atomic E-state index is 0.295. The van der Waals surface area contributed by atoms with Crippen LogP contribution in [0.15, 0.2) is 18.2 Å². The standard InChI is InChI=1S/C17H24N2S/c1-12-9-13(2)11-15(10-12)18-16(20)19-17(14-5-6-14)7-3-4-8-17/h9-11,14H,3-8H2,1-2H3,(H2,18,19,20). The van der Waals surface area contributed by atoms with Gasteiger partial charge in [0.15, 0.2) is 5.11 Å². The molecule has 0 amide bonds. The van der Waals surface area contributed by atoms with Gasteiger partial charge in [0.2, 0.25) is 0 Å². The molecule has 0 bridgehead atoms. The Hall–Kier alpha value is -1.09. The lowest BCUT2D eigenvalue weighted by Crippen LogP contribution is -2.49. The molecule has 0 atom stereocenters. The first-order chi connectivity index (χ1) is 9.57. The Balaban J connectivity index is 1.67. The second-order valence-electron chi connectivity index (χ2n) is 6.59. The van der Waals surface area contributed by atoms with Crippen LogP contribution in [0.25, 0.3) is 0 Å². The Morgan fingerprint density at radius 2 is 1.70 bits per heavy atom. The van der Waals surface area contributed by atoms with Crippen LogP contribution in [0, 0.1) is 19.8 Å². The van der Waals surface area contributed by atoms with Crippen molar-refractivity contribution >= 4 is 23.0 Å². The molecule has 0 heterocycles. The fourth-order valence-electron chi connectivity index (χ4n) is 3.71. The van der Waals surface area contributed by atoms with Gasteiger partial charge in [-0.05, 0) is 80.9 Å². The van der Waals surface area contributed by atoms with Crippen LogP contribution in [0.5, 0.6) is 0 Å². The highest BCUT2D eigenvalue weighted by Crippen LogP contribution is 2.48. The first-order valence-corrected chi connectivity index (χ1v) is 8.16. The molecule has 1 aromatic carbocycles. The molecule has 2 aliphatic rings. The Kier molecular flexibility index (Phi) is 3.72. The van der Waals surface area contributed by atoms with E-state index in [0.29, 0.717) is 5.54 Å². The molecule has 0 aromatic heterocycles. The lowest BCUT2D eigenvalue weighted by Gasteiger charge is -2.32. The molecule has 1 aromatic rings. The number of thiocarbonyl (C=S) groups is 1. The number of nitrogens with one attached hydrogen (secondary N) is 2. The van der Waals surface area contributed by atoms with E-state index < -0.39 is 0 Å². The smallest absolute Gasteiger partial charge is 0.171 e. The third-order valence-electron chi connectivity index (χ3n) is 4.70. The molecular weight excluding hydrogens is 264 g/mol. The van der Waals surface area contributed by atoms with E-state index in [-0.39, 0.29) is 0 Å². The molecule has 0 radical (unpaired) electrons. The summed E-state index contributed by atoms with van der Waals surface area (Å²) < 4.78 is 0. The first-order valence-electron chi connectivity index (χ1n) is 7.75. The van der Waals surface area contributed by atoms with Crippen LogP contribution >= 0.6 is 12.2 Å². The van der Waals surface area contributed by atoms with Crippen molar-refractivity contribution < 1.29 is 0 Å². The van der Waals surface area contributed by atoms with E-state index in [1.807, 2.05) is 0 Å². The zero-order valence-electron chi connectivity index (χ0n) is 12.5. The fraction of sp³-hybridized carbons (Fsp3) is 0.588. The molecule has 2 aliphatic carbocycles. The van der Waals surface area contributed by atoms with Crippen LogP contribution in [0.3, 0.4) is 0 Å². The van der Waals surface area contributed by atoms with Gasteiger partial charge >= 0.3 is 0 Å². The van der Waals surface area contributed by atoms with Gasteiger partial charge in [0.05, 0.1) is 0 Å². The number of benzene rings is 1. The second kappa shape index (κ2) is 5.36. The van der Waals surface area contributed by atoms with Gasteiger partial charge < -0.3 is 10.6 Å². The predicted molar refractivity (Wildman–Crippen MR) is 89.2 cm³/mol. The van der Waals surface area contributed by atoms with Crippen molar-refractivity contribution in [2.45, 2.75) is 57.9 Å². The summed E-state index contributed by atoms with van der Waals surface area (Å²) in [7, 11) is 0. The molecule has 3 rings (SSSR count). The molecule has 0 aliphatic heterocycles. The molecule has 108 valence electrons. The van der Waals surface area contributed by atoms with E-state index in [9.17, 15) is 0 Å². The SMILES string of the molecule is Cc1cc(C)cc(NC(=S)NC2(C3CC3)CCCC2)c1. The molecule has 0 unspecified atom stereocenters. The van der Waals surface area contributed by atoms with E-state index in [2.05, 4.69) is 42.7 Å². The minimum atomic E-state index is 0.295. The van der Waals surface area contributed by atoms with Crippen molar-refractivity contribution in [3.63, 3.8) is 0 Å². The van der Waals surface area contributed by atoms with Crippen LogP contribution in [0.2, 0.25) is 0 Å². The van der Waals surface area contributed by atoms with E-state index >= 15 is 0 Å². The molecule has 2 saturated carbocycles. The maximum atomic E-state index is 5.56. The number of aryl methyl sites for hydroxylation is 2. The normalized spacial score (nSPS) is 20.7. The third-order valence-corrected chi connectivity index (χ3v) is 4.90. The summed E-state index contributed by atoms with van der Waals surface area (Å²) in [6, 6.07) is 6.49. The summed E-state index contributed by atoms with van der Waals surface area (Å²) in [4.78, 5) is 0. The maximum Gasteiger partial charge on any atom is 0.171 e. The van der Waals surface area contributed by atoms with Gasteiger partial charge in [-0.1, -0.05) is 18.9 Å². The topological polar surface area (TPSA) is 24.1 Å². The van der Waals surface area contributed by atoms with Crippen molar-refractivity contribution in [1.29, 1.82) is 0 Å². The van der Waals surface area contributed by atoms with Crippen LogP contribution < -0.4 is 10.6 Å². The van der Waals surface area contributed by atoms with Gasteiger partial charge in [-0.2, -0.15) is 0 Å². The van der Waals surface area contributed by atoms with Crippen molar-refractivity contribution in [2.75, 3.05) is 5.32 Å². The molecule has 0 saturated heterocycles. The Morgan fingerprint density at radius 3 is 2.25 bits per heavy atom. The monoisotopic (exact) mass is 288 g/mol. The maximum absolute atomic E-state index is 5.56. The van der Waals surface area contributed by atoms with Gasteiger partial charge in [0.25, 0.3) is 0 Å². The highest BCUT2D eigenvalue weighted by atomic mass is 32.1. The highest BCUT2D eigenvalue weighted by Gasteiger charge is 2.47. The molecular formula is C17H24N2S. The largest absolute Gasteiger partial charge is 0.357 e. The minimum Gasteiger partial charge on any atom is -0.357 e. The van der Waals surface area contributed by atoms with Crippen molar-refractivity contribution in [1.82, 2.24) is 5.32 Å². The summed E-state index contributed by atoms with van der Waals surface area (Å²) in [6.07, 6.45) is 8.00. The molecule has 20 heavy (non-hydrogen) atoms. The Labute approximate surface area is 127 Å². The lowest BCUT2D eigenvalue weighted by atomic mass is 9.91. The highest BCUT2D eigenvalue weighted by molar-refractivity contribution is 7.80. The molecule has 3 heteroatoms. The molecule has 2 nitrogen and oxygen atoms in total. The van der Waals surface area contributed by atoms with Gasteiger partial charge in [-0.25, -0.2) is 0 Å². The van der Waals surface area contributed by atoms with Gasteiger partial charge in [0, 0.05) is 11.2 Å². The van der Waals surface area contributed by atoms with Crippen molar-refractivity contribution in [3.8, 4) is 0 Å². The predicted octanol–water partition coefficient (Wildman–Crippen LogP) is 4.31. The van der Waals surface area contributed by atoms with Crippen molar-refractivity contribution in [3.05, 3.63) is 29.3 Å². The summed E-state index contributed by atoms with van der Waals surface area (Å²) in [6.45, 7) is 4.24. The number of rotatable bonds is 3. The van der Waals surface area contributed by atoms with Crippen LogP contribution in [0.1, 0.15) is 49.7 Å². The van der Waals surface area contributed by atoms with Crippen molar-refractivity contribution in [2.24, 2.45) is 5.92 Å². The average molecular weight is 288 g/mol. The molecule has 2 N–H and O–H groups in total. The van der Waals surface area contributed by atoms with Crippen LogP contribution in [0.4, 0.5) is 5.69 Å². The van der Waals surface area contributed by atoms with Crippen LogP contribution in [-0.4, -0.2) is 10.7 Å². The second-order valence-corrected chi connectivity index (χ2v) is 7.00. The third kappa shape index (κ3) is 2.98. The fourth-order valence-corrected chi connectivity index (χ4v) is 4.03. The lowest BCUT2D eigenvalue weighted by molar-refractivity contribution is 0.340. The summed E-state index contributed by atoms with van der Waals surface area (Å²) in [5, 5.41) is 7.84. The Bertz CT molecular complexity index is 493. The first kappa shape index (κ1) is 13.9. The quantitative estimate of drug-likeness (QED) is 0.810. The Morgan fingerprint density at radius 1 is 1.10 bits per heavy atom. The summed E-state index contributed by atoms with van der Waals surface area (Å²) in [5.74, 6) is 0.851. The zero-order chi connectivity index (χ0) is 14.2. The van der Waals surface area contributed by atoms with E-state index in [1.165, 1.54) is 49.7 Å². The summed E-state index contributed by atoms with van der Waals surface area (Å²) in [5.41, 5.74) is 3.94. The van der Waals surface area contributed by atoms with E-state index in [1.54, 1.807) is 0 Å². The number of hydrogen-bond acceptors (Lipinski definition) is 1. The van der Waals surface area contributed by atoms with Gasteiger partial charge in [-0.3, -0.25) is 0 Å². The molecule has 0 spiro atoms. The van der Waals surface area contributed by atoms with E-state index in [4.69, 9.17) is 12.2 Å². The van der Waals surface area contributed by atoms with Crippen LogP contribution in [-0.2, 0) is 0 Å². The zero-order valence-corrected chi connectivity index (χ0v) is 13.3. The number of hydrogen-bond donors (Lipinski definition) is 2. The van der Waals surface area contributed by atoms with Gasteiger partial charge in [0.1, 0.15) is 0 Å². The molecule has 2 fully saturated rings. The van der Waals surface area contributed by atoms with Gasteiger partial charge in [-0.15, -0.1) is 0 Å². The average Bonchev–Trinajstić information content (AvgIpc) is 3.10.